The van der Waals surface area contributed by atoms with E-state index in [-0.39, 0.29) is 0 Å². The molecule has 0 atom stereocenters. The van der Waals surface area contributed by atoms with E-state index in [9.17, 15) is 0 Å². The Balaban J connectivity index is 2.18. The Morgan fingerprint density at radius 3 is 2.79 bits per heavy atom. The number of hydrogen-bond acceptors (Lipinski definition) is 3. The molecule has 0 spiro atoms. The van der Waals surface area contributed by atoms with Crippen LogP contribution in [0.25, 0.3) is 0 Å². The van der Waals surface area contributed by atoms with Crippen LogP contribution in [0.4, 0.5) is 0 Å². The van der Waals surface area contributed by atoms with Crippen LogP contribution in [0.1, 0.15) is 17.3 Å². The third kappa shape index (κ3) is 1.87. The van der Waals surface area contributed by atoms with E-state index in [4.69, 9.17) is 4.42 Å². The second-order valence-corrected chi connectivity index (χ2v) is 4.02. The standard InChI is InChI=1S/C9H10BrN3O/c1-6-7(2)14-9(12-6)5-13-4-8(10)3-11-13/h3-4H,5H2,1-2H3. The molecular weight excluding hydrogens is 246 g/mol. The average molecular weight is 256 g/mol. The van der Waals surface area contributed by atoms with E-state index in [0.717, 1.165) is 15.9 Å². The zero-order valence-electron chi connectivity index (χ0n) is 7.99. The van der Waals surface area contributed by atoms with Crippen molar-refractivity contribution in [2.24, 2.45) is 0 Å². The predicted molar refractivity (Wildman–Crippen MR) is 55.0 cm³/mol. The van der Waals surface area contributed by atoms with Crippen molar-refractivity contribution in [3.63, 3.8) is 0 Å². The summed E-state index contributed by atoms with van der Waals surface area (Å²) in [7, 11) is 0. The highest BCUT2D eigenvalue weighted by Crippen LogP contribution is 2.11. The predicted octanol–water partition coefficient (Wildman–Crippen LogP) is 2.30. The van der Waals surface area contributed by atoms with Gasteiger partial charge in [-0.15, -0.1) is 0 Å². The normalized spacial score (nSPS) is 10.8. The van der Waals surface area contributed by atoms with E-state index in [2.05, 4.69) is 26.0 Å². The first-order chi connectivity index (χ1) is 6.65. The summed E-state index contributed by atoms with van der Waals surface area (Å²) >= 11 is 3.33. The molecule has 2 aromatic heterocycles. The molecular formula is C9H10BrN3O. The van der Waals surface area contributed by atoms with Crippen molar-refractivity contribution in [2.45, 2.75) is 20.4 Å². The molecule has 5 heteroatoms. The number of nitrogens with zero attached hydrogens (tertiary/aromatic N) is 3. The maximum Gasteiger partial charge on any atom is 0.216 e. The van der Waals surface area contributed by atoms with Gasteiger partial charge in [0.1, 0.15) is 12.3 Å². The minimum Gasteiger partial charge on any atom is -0.444 e. The van der Waals surface area contributed by atoms with E-state index in [0.29, 0.717) is 12.4 Å². The topological polar surface area (TPSA) is 43.9 Å². The average Bonchev–Trinajstić information content (AvgIpc) is 2.62. The third-order valence-electron chi connectivity index (χ3n) is 1.97. The van der Waals surface area contributed by atoms with Crippen LogP contribution in [0, 0.1) is 13.8 Å². The summed E-state index contributed by atoms with van der Waals surface area (Å²) in [5.74, 6) is 1.56. The first-order valence-corrected chi connectivity index (χ1v) is 5.05. The number of halogens is 1. The second-order valence-electron chi connectivity index (χ2n) is 3.11. The Morgan fingerprint density at radius 1 is 1.50 bits per heavy atom. The zero-order chi connectivity index (χ0) is 10.1. The Kier molecular flexibility index (Phi) is 2.41. The lowest BCUT2D eigenvalue weighted by atomic mass is 10.4. The smallest absolute Gasteiger partial charge is 0.216 e. The summed E-state index contributed by atoms with van der Waals surface area (Å²) < 4.78 is 8.17. The van der Waals surface area contributed by atoms with Gasteiger partial charge in [0.25, 0.3) is 0 Å². The van der Waals surface area contributed by atoms with Crippen LogP contribution in [0.3, 0.4) is 0 Å². The van der Waals surface area contributed by atoms with Crippen molar-refractivity contribution in [3.05, 3.63) is 34.2 Å². The monoisotopic (exact) mass is 255 g/mol. The molecule has 0 fully saturated rings. The fraction of sp³-hybridized carbons (Fsp3) is 0.333. The second kappa shape index (κ2) is 3.57. The highest BCUT2D eigenvalue weighted by molar-refractivity contribution is 9.10. The Morgan fingerprint density at radius 2 is 2.29 bits per heavy atom. The van der Waals surface area contributed by atoms with Crippen LogP contribution >= 0.6 is 15.9 Å². The first-order valence-electron chi connectivity index (χ1n) is 4.26. The molecule has 2 heterocycles. The molecule has 0 aliphatic carbocycles. The van der Waals surface area contributed by atoms with Gasteiger partial charge in [0.05, 0.1) is 16.4 Å². The summed E-state index contributed by atoms with van der Waals surface area (Å²) in [5.41, 5.74) is 0.936. The van der Waals surface area contributed by atoms with Crippen LogP contribution in [0.5, 0.6) is 0 Å². The fourth-order valence-corrected chi connectivity index (χ4v) is 1.50. The van der Waals surface area contributed by atoms with Crippen LogP contribution in [0.2, 0.25) is 0 Å². The Bertz CT molecular complexity index is 427. The molecule has 0 N–H and O–H groups in total. The van der Waals surface area contributed by atoms with Gasteiger partial charge in [-0.05, 0) is 29.8 Å². The van der Waals surface area contributed by atoms with Gasteiger partial charge < -0.3 is 4.42 Å². The number of oxazole rings is 1. The van der Waals surface area contributed by atoms with Crippen molar-refractivity contribution in [1.82, 2.24) is 14.8 Å². The molecule has 0 radical (unpaired) electrons. The van der Waals surface area contributed by atoms with Gasteiger partial charge in [0, 0.05) is 6.20 Å². The minimum atomic E-state index is 0.570. The van der Waals surface area contributed by atoms with Gasteiger partial charge in [0.2, 0.25) is 5.89 Å². The lowest BCUT2D eigenvalue weighted by molar-refractivity contribution is 0.446. The van der Waals surface area contributed by atoms with Gasteiger partial charge in [-0.1, -0.05) is 0 Å². The van der Waals surface area contributed by atoms with E-state index in [1.165, 1.54) is 0 Å². The zero-order valence-corrected chi connectivity index (χ0v) is 9.58. The molecule has 0 aliphatic rings. The molecule has 4 nitrogen and oxygen atoms in total. The number of aryl methyl sites for hydroxylation is 2. The molecule has 0 saturated carbocycles. The van der Waals surface area contributed by atoms with Crippen LogP contribution in [0.15, 0.2) is 21.3 Å². The van der Waals surface area contributed by atoms with E-state index in [1.807, 2.05) is 20.0 Å². The van der Waals surface area contributed by atoms with Crippen molar-refractivity contribution < 1.29 is 4.42 Å². The summed E-state index contributed by atoms with van der Waals surface area (Å²) in [4.78, 5) is 4.27. The maximum absolute atomic E-state index is 5.44. The fourth-order valence-electron chi connectivity index (χ4n) is 1.17. The highest BCUT2D eigenvalue weighted by Gasteiger charge is 2.06. The number of rotatable bonds is 2. The van der Waals surface area contributed by atoms with Gasteiger partial charge in [-0.25, -0.2) is 4.98 Å². The largest absolute Gasteiger partial charge is 0.444 e. The molecule has 0 unspecified atom stereocenters. The van der Waals surface area contributed by atoms with E-state index < -0.39 is 0 Å². The van der Waals surface area contributed by atoms with Gasteiger partial charge in [-0.3, -0.25) is 4.68 Å². The van der Waals surface area contributed by atoms with Crippen LogP contribution in [-0.2, 0) is 6.54 Å². The molecule has 74 valence electrons. The van der Waals surface area contributed by atoms with E-state index in [1.54, 1.807) is 10.9 Å². The van der Waals surface area contributed by atoms with Crippen LogP contribution < -0.4 is 0 Å². The molecule has 14 heavy (non-hydrogen) atoms. The summed E-state index contributed by atoms with van der Waals surface area (Å²) in [5, 5.41) is 4.12. The molecule has 0 bridgehead atoms. The first kappa shape index (κ1) is 9.45. The lowest BCUT2D eigenvalue weighted by Gasteiger charge is -1.94. The number of hydrogen-bond donors (Lipinski definition) is 0. The van der Waals surface area contributed by atoms with Gasteiger partial charge >= 0.3 is 0 Å². The van der Waals surface area contributed by atoms with Crippen molar-refractivity contribution in [1.29, 1.82) is 0 Å². The Labute approximate surface area is 90.1 Å². The number of aromatic nitrogens is 3. The molecule has 2 rings (SSSR count). The molecule has 0 amide bonds. The van der Waals surface area contributed by atoms with Gasteiger partial charge in [-0.2, -0.15) is 5.10 Å². The van der Waals surface area contributed by atoms with Crippen molar-refractivity contribution in [2.75, 3.05) is 0 Å². The minimum absolute atomic E-state index is 0.570. The molecule has 0 saturated heterocycles. The summed E-state index contributed by atoms with van der Waals surface area (Å²) in [6.45, 7) is 4.41. The SMILES string of the molecule is Cc1nc(Cn2cc(Br)cn2)oc1C. The molecule has 0 aromatic carbocycles. The third-order valence-corrected chi connectivity index (χ3v) is 2.38. The van der Waals surface area contributed by atoms with Crippen LogP contribution in [-0.4, -0.2) is 14.8 Å². The van der Waals surface area contributed by atoms with Crippen molar-refractivity contribution >= 4 is 15.9 Å². The Hall–Kier alpha value is -1.10. The van der Waals surface area contributed by atoms with E-state index >= 15 is 0 Å². The highest BCUT2D eigenvalue weighted by atomic mass is 79.9. The maximum atomic E-state index is 5.44. The summed E-state index contributed by atoms with van der Waals surface area (Å²) in [6, 6.07) is 0. The van der Waals surface area contributed by atoms with Gasteiger partial charge in [0.15, 0.2) is 0 Å². The molecule has 0 aliphatic heterocycles. The quantitative estimate of drug-likeness (QED) is 0.828. The summed E-state index contributed by atoms with van der Waals surface area (Å²) in [6.07, 6.45) is 3.62. The van der Waals surface area contributed by atoms with Crippen molar-refractivity contribution in [3.8, 4) is 0 Å². The lowest BCUT2D eigenvalue weighted by Crippen LogP contribution is -1.99. The molecule has 2 aromatic rings.